The Balaban J connectivity index is 1.49. The van der Waals surface area contributed by atoms with Gasteiger partial charge in [0.15, 0.2) is 0 Å². The third-order valence-electron chi connectivity index (χ3n) is 6.44. The van der Waals surface area contributed by atoms with Crippen LogP contribution >= 0.6 is 0 Å². The molecule has 0 saturated carbocycles. The first kappa shape index (κ1) is 20.0. The van der Waals surface area contributed by atoms with Crippen LogP contribution in [0.1, 0.15) is 54.1 Å². The number of hydrogen-bond donors (Lipinski definition) is 2. The molecule has 2 unspecified atom stereocenters. The Morgan fingerprint density at radius 1 is 1.21 bits per heavy atom. The van der Waals surface area contributed by atoms with Crippen molar-refractivity contribution in [2.24, 2.45) is 5.92 Å². The standard InChI is InChI=1S/C22H30N4O3/c1-2-25(12-15-5-4-10-23-11-15)13-16-6-3-7-17-18(16)14-26(22(17)29)19-8-9-20(27)24-21(19)28/h3,6-7,15,19,23H,2,4-5,8-14H2,1H3,(H,24,27,28). The summed E-state index contributed by atoms with van der Waals surface area (Å²) in [6.07, 6.45) is 3.18. The van der Waals surface area contributed by atoms with Crippen LogP contribution in [0.3, 0.4) is 0 Å². The highest BCUT2D eigenvalue weighted by atomic mass is 16.2. The zero-order chi connectivity index (χ0) is 20.4. The minimum absolute atomic E-state index is 0.101. The Bertz CT molecular complexity index is 803. The van der Waals surface area contributed by atoms with Gasteiger partial charge in [-0.2, -0.15) is 0 Å². The molecule has 4 rings (SSSR count). The SMILES string of the molecule is CCN(Cc1cccc2c1CN(C1CCC(=O)NC1=O)C2=O)CC1CCCNC1. The summed E-state index contributed by atoms with van der Waals surface area (Å²) in [5, 5.41) is 5.85. The third-order valence-corrected chi connectivity index (χ3v) is 6.44. The number of nitrogens with zero attached hydrogens (tertiary/aromatic N) is 2. The highest BCUT2D eigenvalue weighted by Crippen LogP contribution is 2.30. The summed E-state index contributed by atoms with van der Waals surface area (Å²) in [5.41, 5.74) is 2.89. The fourth-order valence-corrected chi connectivity index (χ4v) is 4.79. The molecule has 2 fully saturated rings. The lowest BCUT2D eigenvalue weighted by atomic mass is 9.98. The van der Waals surface area contributed by atoms with Gasteiger partial charge in [-0.05, 0) is 62.0 Å². The zero-order valence-electron chi connectivity index (χ0n) is 17.1. The van der Waals surface area contributed by atoms with E-state index in [2.05, 4.69) is 28.5 Å². The average molecular weight is 399 g/mol. The molecule has 156 valence electrons. The molecule has 2 atom stereocenters. The van der Waals surface area contributed by atoms with E-state index in [9.17, 15) is 14.4 Å². The number of piperidine rings is 2. The molecule has 1 aromatic rings. The molecule has 3 aliphatic heterocycles. The first-order valence-corrected chi connectivity index (χ1v) is 10.7. The van der Waals surface area contributed by atoms with Gasteiger partial charge in [0, 0.05) is 31.6 Å². The van der Waals surface area contributed by atoms with Gasteiger partial charge in [-0.1, -0.05) is 19.1 Å². The fourth-order valence-electron chi connectivity index (χ4n) is 4.79. The molecule has 0 aromatic heterocycles. The van der Waals surface area contributed by atoms with E-state index in [1.54, 1.807) is 4.90 Å². The molecule has 7 heteroatoms. The van der Waals surface area contributed by atoms with Crippen LogP contribution < -0.4 is 10.6 Å². The Labute approximate surface area is 171 Å². The minimum Gasteiger partial charge on any atom is -0.322 e. The summed E-state index contributed by atoms with van der Waals surface area (Å²) in [5.74, 6) is -0.0474. The number of benzene rings is 1. The van der Waals surface area contributed by atoms with Crippen LogP contribution in [0.4, 0.5) is 0 Å². The van der Waals surface area contributed by atoms with Gasteiger partial charge in [0.1, 0.15) is 6.04 Å². The van der Waals surface area contributed by atoms with Crippen LogP contribution in [-0.2, 0) is 22.7 Å². The topological polar surface area (TPSA) is 81.8 Å². The van der Waals surface area contributed by atoms with Gasteiger partial charge in [0.2, 0.25) is 11.8 Å². The van der Waals surface area contributed by atoms with Crippen molar-refractivity contribution < 1.29 is 14.4 Å². The second kappa shape index (κ2) is 8.63. The zero-order valence-corrected chi connectivity index (χ0v) is 17.1. The number of fused-ring (bicyclic) bond motifs is 1. The number of carbonyl (C=O) groups is 3. The number of amides is 3. The maximum absolute atomic E-state index is 13.0. The first-order valence-electron chi connectivity index (χ1n) is 10.7. The highest BCUT2D eigenvalue weighted by molar-refractivity contribution is 6.05. The van der Waals surface area contributed by atoms with Gasteiger partial charge in [0.05, 0.1) is 0 Å². The van der Waals surface area contributed by atoms with Crippen molar-refractivity contribution in [1.29, 1.82) is 0 Å². The van der Waals surface area contributed by atoms with Crippen molar-refractivity contribution in [3.8, 4) is 0 Å². The van der Waals surface area contributed by atoms with Crippen molar-refractivity contribution in [3.05, 3.63) is 34.9 Å². The van der Waals surface area contributed by atoms with Crippen LogP contribution in [-0.4, -0.2) is 59.7 Å². The summed E-state index contributed by atoms with van der Waals surface area (Å²) in [6.45, 7) is 7.65. The summed E-state index contributed by atoms with van der Waals surface area (Å²) < 4.78 is 0. The van der Waals surface area contributed by atoms with Gasteiger partial charge in [-0.25, -0.2) is 0 Å². The van der Waals surface area contributed by atoms with Crippen LogP contribution in [0.15, 0.2) is 18.2 Å². The van der Waals surface area contributed by atoms with Gasteiger partial charge in [-0.3, -0.25) is 24.6 Å². The van der Waals surface area contributed by atoms with Gasteiger partial charge in [0.25, 0.3) is 5.91 Å². The normalized spacial score (nSPS) is 24.8. The van der Waals surface area contributed by atoms with Crippen LogP contribution in [0.5, 0.6) is 0 Å². The fraction of sp³-hybridized carbons (Fsp3) is 0.591. The number of nitrogens with one attached hydrogen (secondary N) is 2. The Morgan fingerprint density at radius 3 is 2.79 bits per heavy atom. The van der Waals surface area contributed by atoms with E-state index >= 15 is 0 Å². The largest absolute Gasteiger partial charge is 0.322 e. The Hall–Kier alpha value is -2.25. The maximum Gasteiger partial charge on any atom is 0.255 e. The third kappa shape index (κ3) is 4.21. The molecule has 1 aromatic carbocycles. The van der Waals surface area contributed by atoms with E-state index in [1.807, 2.05) is 12.1 Å². The summed E-state index contributed by atoms with van der Waals surface area (Å²) in [6, 6.07) is 5.34. The molecule has 0 spiro atoms. The van der Waals surface area contributed by atoms with E-state index in [-0.39, 0.29) is 24.1 Å². The Kier molecular flexibility index (Phi) is 5.96. The molecule has 0 radical (unpaired) electrons. The molecule has 3 aliphatic rings. The van der Waals surface area contributed by atoms with Crippen molar-refractivity contribution >= 4 is 17.7 Å². The number of imide groups is 1. The van der Waals surface area contributed by atoms with Crippen molar-refractivity contribution in [1.82, 2.24) is 20.4 Å². The lowest BCUT2D eigenvalue weighted by Gasteiger charge is -2.30. The summed E-state index contributed by atoms with van der Waals surface area (Å²) >= 11 is 0. The highest BCUT2D eigenvalue weighted by Gasteiger charge is 2.39. The summed E-state index contributed by atoms with van der Waals surface area (Å²) in [7, 11) is 0. The Morgan fingerprint density at radius 2 is 2.07 bits per heavy atom. The monoisotopic (exact) mass is 398 g/mol. The van der Waals surface area contributed by atoms with Crippen LogP contribution in [0.2, 0.25) is 0 Å². The van der Waals surface area contributed by atoms with Crippen LogP contribution in [0, 0.1) is 5.92 Å². The van der Waals surface area contributed by atoms with Crippen molar-refractivity contribution in [3.63, 3.8) is 0 Å². The van der Waals surface area contributed by atoms with Crippen molar-refractivity contribution in [2.45, 2.75) is 51.7 Å². The quantitative estimate of drug-likeness (QED) is 0.706. The van der Waals surface area contributed by atoms with Crippen LogP contribution in [0.25, 0.3) is 0 Å². The smallest absolute Gasteiger partial charge is 0.255 e. The predicted octanol–water partition coefficient (Wildman–Crippen LogP) is 1.27. The van der Waals surface area contributed by atoms with E-state index in [0.29, 0.717) is 24.4 Å². The first-order chi connectivity index (χ1) is 14.1. The number of rotatable bonds is 6. The van der Waals surface area contributed by atoms with Crippen molar-refractivity contribution in [2.75, 3.05) is 26.2 Å². The number of carbonyl (C=O) groups excluding carboxylic acids is 3. The second-order valence-electron chi connectivity index (χ2n) is 8.38. The molecule has 2 N–H and O–H groups in total. The van der Waals surface area contributed by atoms with E-state index < -0.39 is 6.04 Å². The molecule has 0 bridgehead atoms. The lowest BCUT2D eigenvalue weighted by molar-refractivity contribution is -0.136. The average Bonchev–Trinajstić information content (AvgIpc) is 3.06. The van der Waals surface area contributed by atoms with Gasteiger partial charge in [-0.15, -0.1) is 0 Å². The molecule has 3 heterocycles. The van der Waals surface area contributed by atoms with E-state index in [4.69, 9.17) is 0 Å². The van der Waals surface area contributed by atoms with E-state index in [0.717, 1.165) is 43.9 Å². The minimum atomic E-state index is -0.559. The van der Waals surface area contributed by atoms with Gasteiger partial charge >= 0.3 is 0 Å². The molecule has 3 amide bonds. The molecular weight excluding hydrogens is 368 g/mol. The van der Waals surface area contributed by atoms with E-state index in [1.165, 1.54) is 12.8 Å². The molecule has 29 heavy (non-hydrogen) atoms. The molecule has 7 nitrogen and oxygen atoms in total. The maximum atomic E-state index is 13.0. The lowest BCUT2D eigenvalue weighted by Crippen LogP contribution is -2.52. The predicted molar refractivity (Wildman–Crippen MR) is 109 cm³/mol. The molecule has 2 saturated heterocycles. The molecular formula is C22H30N4O3. The van der Waals surface area contributed by atoms with Gasteiger partial charge < -0.3 is 10.2 Å². The second-order valence-corrected chi connectivity index (χ2v) is 8.38. The summed E-state index contributed by atoms with van der Waals surface area (Å²) in [4.78, 5) is 40.8. The number of hydrogen-bond acceptors (Lipinski definition) is 5. The molecule has 0 aliphatic carbocycles.